The van der Waals surface area contributed by atoms with Crippen LogP contribution < -0.4 is 9.80 Å². The molecule has 4 aliphatic rings. The first kappa shape index (κ1) is 52.4. The van der Waals surface area contributed by atoms with E-state index in [-0.39, 0.29) is 11.9 Å². The molecular formula is C50H77BrN4O6Si2. The second-order valence-electron chi connectivity index (χ2n) is 20.2. The van der Waals surface area contributed by atoms with Crippen LogP contribution in [0.25, 0.3) is 0 Å². The van der Waals surface area contributed by atoms with Crippen LogP contribution in [-0.2, 0) is 18.9 Å². The average molecular weight is 966 g/mol. The highest BCUT2D eigenvalue weighted by Gasteiger charge is 2.47. The smallest absolute Gasteiger partial charge is 0.341 e. The number of esters is 2. The number of terminal acetylenes is 1. The van der Waals surface area contributed by atoms with Gasteiger partial charge in [0.2, 0.25) is 0 Å². The zero-order chi connectivity index (χ0) is 46.9. The summed E-state index contributed by atoms with van der Waals surface area (Å²) in [4.78, 5) is 37.9. The summed E-state index contributed by atoms with van der Waals surface area (Å²) in [5, 5.41) is 0. The molecule has 0 amide bonds. The first-order valence-electron chi connectivity index (χ1n) is 23.2. The van der Waals surface area contributed by atoms with Gasteiger partial charge in [-0.2, -0.15) is 0 Å². The van der Waals surface area contributed by atoms with Crippen LogP contribution in [0.4, 0.5) is 11.6 Å². The van der Waals surface area contributed by atoms with Crippen LogP contribution in [0.2, 0.25) is 33.2 Å². The highest BCUT2D eigenvalue weighted by molar-refractivity contribution is 9.10. The van der Waals surface area contributed by atoms with Gasteiger partial charge in [0.25, 0.3) is 0 Å². The normalized spacial score (nSPS) is 17.9. The standard InChI is InChI=1S/C25H38N2O3Si.C14H17BrN2O3.C11H22Si/c1-18(2)31(19(3)4,20(5)6)13-8-21-14-22(24(28)29-7)23(26-15-21)27-16-25(17-27)9-11-30-12-10-25;1-19-13(18)11-6-10(15)7-16-12(11)17-8-14(9-17)2-4-20-5-3-14;1-8-12(9(2)3,10(4)5)11(6)7/h14-15,18-20H,9-12,16-17H2,1-7H3;6-7H,2-5,8-9H2,1H3;1,9-11H,2-7H3. The van der Waals surface area contributed by atoms with E-state index in [2.05, 4.69) is 136 Å². The van der Waals surface area contributed by atoms with Crippen LogP contribution >= 0.6 is 15.9 Å². The van der Waals surface area contributed by atoms with Crippen LogP contribution in [0.15, 0.2) is 29.0 Å². The summed E-state index contributed by atoms with van der Waals surface area (Å²) >= 11 is 3.35. The van der Waals surface area contributed by atoms with Gasteiger partial charge in [0.15, 0.2) is 0 Å². The van der Waals surface area contributed by atoms with Gasteiger partial charge in [0.1, 0.15) is 38.9 Å². The number of hydrogen-bond acceptors (Lipinski definition) is 10. The lowest BCUT2D eigenvalue weighted by Crippen LogP contribution is -2.59. The molecule has 2 aromatic rings. The topological polar surface area (TPSA) is 103 Å². The van der Waals surface area contributed by atoms with Crippen molar-refractivity contribution in [1.82, 2.24) is 9.97 Å². The summed E-state index contributed by atoms with van der Waals surface area (Å²) in [5.74, 6) is 4.16. The van der Waals surface area contributed by atoms with E-state index in [1.54, 1.807) is 12.3 Å². The third-order valence-electron chi connectivity index (χ3n) is 14.7. The van der Waals surface area contributed by atoms with Gasteiger partial charge >= 0.3 is 11.9 Å². The minimum Gasteiger partial charge on any atom is -0.465 e. The molecule has 0 aromatic carbocycles. The number of pyridine rings is 2. The Morgan fingerprint density at radius 3 is 1.35 bits per heavy atom. The van der Waals surface area contributed by atoms with Crippen LogP contribution in [0, 0.1) is 34.3 Å². The summed E-state index contributed by atoms with van der Waals surface area (Å²) in [6, 6.07) is 3.64. The third-order valence-corrected chi connectivity index (χ3v) is 27.7. The first-order chi connectivity index (χ1) is 29.7. The Balaban J connectivity index is 0.000000232. The molecule has 6 heterocycles. The van der Waals surface area contributed by atoms with E-state index in [0.717, 1.165) is 100.0 Å². The molecule has 4 aliphatic heterocycles. The molecule has 348 valence electrons. The van der Waals surface area contributed by atoms with Gasteiger partial charge < -0.3 is 28.7 Å². The van der Waals surface area contributed by atoms with Crippen molar-refractivity contribution in [3.8, 4) is 23.4 Å². The molecule has 6 rings (SSSR count). The van der Waals surface area contributed by atoms with Crippen LogP contribution in [0.3, 0.4) is 0 Å². The molecule has 0 radical (unpaired) electrons. The molecule has 4 saturated heterocycles. The maximum absolute atomic E-state index is 12.6. The lowest BCUT2D eigenvalue weighted by molar-refractivity contribution is -0.000714. The van der Waals surface area contributed by atoms with Crippen molar-refractivity contribution in [2.75, 3.05) is 76.6 Å². The van der Waals surface area contributed by atoms with E-state index in [9.17, 15) is 9.59 Å². The van der Waals surface area contributed by atoms with E-state index in [4.69, 9.17) is 25.4 Å². The molecule has 0 saturated carbocycles. The van der Waals surface area contributed by atoms with E-state index in [0.29, 0.717) is 55.2 Å². The van der Waals surface area contributed by atoms with E-state index in [1.165, 1.54) is 14.2 Å². The molecule has 0 bridgehead atoms. The predicted molar refractivity (Wildman–Crippen MR) is 266 cm³/mol. The Hall–Kier alpha value is -3.21. The summed E-state index contributed by atoms with van der Waals surface area (Å²) in [6.45, 7) is 34.6. The zero-order valence-electron chi connectivity index (χ0n) is 41.0. The van der Waals surface area contributed by atoms with Gasteiger partial charge in [-0.25, -0.2) is 19.6 Å². The number of carbonyl (C=O) groups is 2. The number of rotatable bonds is 10. The van der Waals surface area contributed by atoms with Crippen LogP contribution in [-0.4, -0.2) is 105 Å². The minimum absolute atomic E-state index is 0.308. The first-order valence-corrected chi connectivity index (χ1v) is 28.4. The molecule has 0 unspecified atom stereocenters. The minimum atomic E-state index is -1.85. The van der Waals surface area contributed by atoms with Crippen LogP contribution in [0.5, 0.6) is 0 Å². The molecule has 4 fully saturated rings. The highest BCUT2D eigenvalue weighted by Crippen LogP contribution is 2.45. The maximum atomic E-state index is 12.6. The highest BCUT2D eigenvalue weighted by atomic mass is 79.9. The number of anilines is 2. The van der Waals surface area contributed by atoms with Crippen molar-refractivity contribution in [3.63, 3.8) is 0 Å². The van der Waals surface area contributed by atoms with Gasteiger partial charge in [0.05, 0.1) is 14.2 Å². The van der Waals surface area contributed by atoms with Gasteiger partial charge in [-0.05, 0) is 87.0 Å². The number of nitrogens with zero attached hydrogens (tertiary/aromatic N) is 4. The van der Waals surface area contributed by atoms with Crippen molar-refractivity contribution in [3.05, 3.63) is 45.7 Å². The SMILES string of the molecule is C#C[Si](C(C)C)(C(C)C)C(C)C.COC(=O)c1cc(Br)cnc1N1CC2(CCOCC2)C1.COC(=O)c1cc(C#C[Si](C(C)C)(C(C)C)C(C)C)cnc1N1CC2(CCOCC2)C1. The quantitative estimate of drug-likeness (QED) is 0.130. The Labute approximate surface area is 390 Å². The zero-order valence-corrected chi connectivity index (χ0v) is 44.5. The van der Waals surface area contributed by atoms with Crippen LogP contribution in [0.1, 0.15) is 135 Å². The second-order valence-corrected chi connectivity index (χ2v) is 32.3. The lowest BCUT2D eigenvalue weighted by atomic mass is 9.73. The molecular weight excluding hydrogens is 889 g/mol. The number of methoxy groups -OCH3 is 2. The molecule has 2 spiro atoms. The van der Waals surface area contributed by atoms with Gasteiger partial charge in [-0.1, -0.05) is 89.0 Å². The van der Waals surface area contributed by atoms with Crippen molar-refractivity contribution < 1.29 is 28.5 Å². The molecule has 0 N–H and O–H groups in total. The monoisotopic (exact) mass is 964 g/mol. The Morgan fingerprint density at radius 1 is 0.651 bits per heavy atom. The largest absolute Gasteiger partial charge is 0.465 e. The number of carbonyl (C=O) groups excluding carboxylic acids is 2. The van der Waals surface area contributed by atoms with Gasteiger partial charge in [-0.3, -0.25) is 0 Å². The fraction of sp³-hybridized carbons (Fsp3) is 0.680. The summed E-state index contributed by atoms with van der Waals surface area (Å²) < 4.78 is 21.6. The van der Waals surface area contributed by atoms with Gasteiger partial charge in [-0.15, -0.1) is 17.5 Å². The summed E-state index contributed by atoms with van der Waals surface area (Å²) in [6.07, 6.45) is 13.6. The second kappa shape index (κ2) is 22.3. The Kier molecular flexibility index (Phi) is 18.6. The Bertz CT molecular complexity index is 1910. The summed E-state index contributed by atoms with van der Waals surface area (Å²) in [7, 11) is -0.505. The van der Waals surface area contributed by atoms with Crippen molar-refractivity contribution in [2.24, 2.45) is 10.8 Å². The molecule has 0 atom stereocenters. The van der Waals surface area contributed by atoms with E-state index >= 15 is 0 Å². The number of ether oxygens (including phenoxy) is 4. The maximum Gasteiger partial charge on any atom is 0.341 e. The average Bonchev–Trinajstić information content (AvgIpc) is 3.22. The van der Waals surface area contributed by atoms with Gasteiger partial charge in [0, 0.05) is 85.9 Å². The Morgan fingerprint density at radius 2 is 1.02 bits per heavy atom. The fourth-order valence-corrected chi connectivity index (χ4v) is 21.7. The molecule has 0 aliphatic carbocycles. The van der Waals surface area contributed by atoms with Crippen molar-refractivity contribution in [1.29, 1.82) is 0 Å². The molecule has 10 nitrogen and oxygen atoms in total. The van der Waals surface area contributed by atoms with E-state index in [1.807, 2.05) is 12.3 Å². The molecule has 63 heavy (non-hydrogen) atoms. The summed E-state index contributed by atoms with van der Waals surface area (Å²) in [5.41, 5.74) is 13.1. The predicted octanol–water partition coefficient (Wildman–Crippen LogP) is 11.1. The lowest BCUT2D eigenvalue weighted by Gasteiger charge is -2.53. The number of aromatic nitrogens is 2. The number of hydrogen-bond donors (Lipinski definition) is 0. The third kappa shape index (κ3) is 11.6. The fourth-order valence-electron chi connectivity index (χ4n) is 11.2. The van der Waals surface area contributed by atoms with Crippen molar-refractivity contribution >= 4 is 55.7 Å². The van der Waals surface area contributed by atoms with E-state index < -0.39 is 16.1 Å². The van der Waals surface area contributed by atoms with Crippen molar-refractivity contribution in [2.45, 2.75) is 142 Å². The molecule has 2 aromatic heterocycles. The number of halogens is 1. The molecule has 13 heteroatoms.